The number of aryl methyl sites for hydroxylation is 1. The second-order valence-corrected chi connectivity index (χ2v) is 7.74. The molecule has 0 bridgehead atoms. The summed E-state index contributed by atoms with van der Waals surface area (Å²) >= 11 is 1.45. The summed E-state index contributed by atoms with van der Waals surface area (Å²) in [4.78, 5) is 36.6. The monoisotopic (exact) mass is 383 g/mol. The van der Waals surface area contributed by atoms with Crippen LogP contribution in [0.1, 0.15) is 24.2 Å². The van der Waals surface area contributed by atoms with Crippen molar-refractivity contribution in [2.75, 3.05) is 18.4 Å². The van der Waals surface area contributed by atoms with Gasteiger partial charge in [-0.2, -0.15) is 0 Å². The molecule has 1 aliphatic rings. The minimum absolute atomic E-state index is 0.000428. The average Bonchev–Trinajstić information content (AvgIpc) is 3.11. The van der Waals surface area contributed by atoms with Crippen molar-refractivity contribution in [2.24, 2.45) is 5.92 Å². The van der Waals surface area contributed by atoms with Gasteiger partial charge in [0.1, 0.15) is 5.82 Å². The summed E-state index contributed by atoms with van der Waals surface area (Å²) in [5.74, 6) is 0.502. The maximum Gasteiger partial charge on any atom is 0.258 e. The Morgan fingerprint density at radius 1 is 1.37 bits per heavy atom. The van der Waals surface area contributed by atoms with Gasteiger partial charge in [-0.15, -0.1) is 11.3 Å². The van der Waals surface area contributed by atoms with Crippen LogP contribution in [0.15, 0.2) is 40.6 Å². The zero-order chi connectivity index (χ0) is 18.8. The Hall–Kier alpha value is -2.58. The molecule has 4 rings (SSSR count). The summed E-state index contributed by atoms with van der Waals surface area (Å²) in [7, 11) is 0. The number of carbonyl (C=O) groups excluding carboxylic acids is 1. The Morgan fingerprint density at radius 2 is 2.26 bits per heavy atom. The first-order chi connectivity index (χ1) is 13.1. The van der Waals surface area contributed by atoms with Gasteiger partial charge in [-0.25, -0.2) is 9.97 Å². The van der Waals surface area contributed by atoms with Crippen molar-refractivity contribution < 1.29 is 4.79 Å². The molecule has 0 saturated carbocycles. The third-order valence-electron chi connectivity index (χ3n) is 4.76. The van der Waals surface area contributed by atoms with Crippen molar-refractivity contribution in [3.8, 4) is 0 Å². The van der Waals surface area contributed by atoms with Gasteiger partial charge in [-0.05, 0) is 38.4 Å². The van der Waals surface area contributed by atoms with E-state index in [1.807, 2.05) is 24.4 Å². The molecule has 1 atom stereocenters. The number of piperidine rings is 1. The van der Waals surface area contributed by atoms with E-state index in [-0.39, 0.29) is 17.4 Å². The molecule has 1 amide bonds. The molecule has 3 aromatic rings. The van der Waals surface area contributed by atoms with Gasteiger partial charge in [-0.3, -0.25) is 18.9 Å². The molecule has 3 aromatic heterocycles. The van der Waals surface area contributed by atoms with Crippen LogP contribution in [0.3, 0.4) is 0 Å². The van der Waals surface area contributed by atoms with Crippen molar-refractivity contribution in [1.29, 1.82) is 0 Å². The third-order valence-corrected chi connectivity index (χ3v) is 5.51. The zero-order valence-corrected chi connectivity index (χ0v) is 15.9. The summed E-state index contributed by atoms with van der Waals surface area (Å²) in [5.41, 5.74) is 1.57. The maximum absolute atomic E-state index is 12.6. The smallest absolute Gasteiger partial charge is 0.258 e. The topological polar surface area (TPSA) is 79.6 Å². The number of rotatable bonds is 4. The van der Waals surface area contributed by atoms with E-state index in [0.717, 1.165) is 30.8 Å². The van der Waals surface area contributed by atoms with Crippen molar-refractivity contribution in [1.82, 2.24) is 19.3 Å². The SMILES string of the molecule is Cc1cccc(NC(=O)C2CCCN(Cc3cc(=O)n4ccsc4n3)C2)n1. The van der Waals surface area contributed by atoms with Crippen LogP contribution in [0.2, 0.25) is 0 Å². The Balaban J connectivity index is 1.42. The van der Waals surface area contributed by atoms with Crippen molar-refractivity contribution in [3.05, 3.63) is 57.6 Å². The van der Waals surface area contributed by atoms with Crippen LogP contribution in [0.4, 0.5) is 5.82 Å². The number of aromatic nitrogens is 3. The van der Waals surface area contributed by atoms with Gasteiger partial charge >= 0.3 is 0 Å². The van der Waals surface area contributed by atoms with E-state index < -0.39 is 0 Å². The molecule has 1 N–H and O–H groups in total. The van der Waals surface area contributed by atoms with Crippen LogP contribution in [-0.2, 0) is 11.3 Å². The molecule has 7 nitrogen and oxygen atoms in total. The molecule has 0 spiro atoms. The zero-order valence-electron chi connectivity index (χ0n) is 15.1. The molecular formula is C19H21N5O2S. The van der Waals surface area contributed by atoms with Crippen LogP contribution in [0.25, 0.3) is 4.96 Å². The van der Waals surface area contributed by atoms with Gasteiger partial charge < -0.3 is 5.32 Å². The first-order valence-electron chi connectivity index (χ1n) is 9.01. The number of anilines is 1. The second kappa shape index (κ2) is 7.58. The lowest BCUT2D eigenvalue weighted by Gasteiger charge is -2.31. The molecule has 0 aromatic carbocycles. The molecule has 1 unspecified atom stereocenters. The molecule has 1 saturated heterocycles. The molecule has 140 valence electrons. The van der Waals surface area contributed by atoms with E-state index in [1.54, 1.807) is 22.7 Å². The predicted molar refractivity (Wildman–Crippen MR) is 105 cm³/mol. The summed E-state index contributed by atoms with van der Waals surface area (Å²) in [6.45, 7) is 4.04. The van der Waals surface area contributed by atoms with Crippen molar-refractivity contribution >= 4 is 28.0 Å². The summed E-state index contributed by atoms with van der Waals surface area (Å²) in [6, 6.07) is 7.17. The van der Waals surface area contributed by atoms with E-state index in [1.165, 1.54) is 11.3 Å². The molecule has 0 aliphatic carbocycles. The van der Waals surface area contributed by atoms with Crippen molar-refractivity contribution in [3.63, 3.8) is 0 Å². The highest BCUT2D eigenvalue weighted by Crippen LogP contribution is 2.20. The Kier molecular flexibility index (Phi) is 5.00. The fourth-order valence-electron chi connectivity index (χ4n) is 3.45. The Morgan fingerprint density at radius 3 is 3.11 bits per heavy atom. The summed E-state index contributed by atoms with van der Waals surface area (Å²) in [6.07, 6.45) is 3.54. The first-order valence-corrected chi connectivity index (χ1v) is 9.89. The summed E-state index contributed by atoms with van der Waals surface area (Å²) < 4.78 is 1.55. The minimum atomic E-state index is -0.0902. The van der Waals surface area contributed by atoms with Crippen molar-refractivity contribution in [2.45, 2.75) is 26.3 Å². The van der Waals surface area contributed by atoms with Crippen LogP contribution < -0.4 is 10.9 Å². The average molecular weight is 383 g/mol. The van der Waals surface area contributed by atoms with Gasteiger partial charge in [0.15, 0.2) is 4.96 Å². The molecule has 0 radical (unpaired) electrons. The van der Waals surface area contributed by atoms with Gasteiger partial charge in [0.25, 0.3) is 5.56 Å². The maximum atomic E-state index is 12.6. The Bertz CT molecular complexity index is 1030. The number of hydrogen-bond acceptors (Lipinski definition) is 6. The number of nitrogens with zero attached hydrogens (tertiary/aromatic N) is 4. The second-order valence-electron chi connectivity index (χ2n) is 6.87. The largest absolute Gasteiger partial charge is 0.310 e. The van der Waals surface area contributed by atoms with Gasteiger partial charge in [0.2, 0.25) is 5.91 Å². The fraction of sp³-hybridized carbons (Fsp3) is 0.368. The number of hydrogen-bond donors (Lipinski definition) is 1. The number of fused-ring (bicyclic) bond motifs is 1. The van der Waals surface area contributed by atoms with E-state index in [0.29, 0.717) is 23.9 Å². The lowest BCUT2D eigenvalue weighted by molar-refractivity contribution is -0.121. The van der Waals surface area contributed by atoms with Gasteiger partial charge in [-0.1, -0.05) is 6.07 Å². The highest BCUT2D eigenvalue weighted by atomic mass is 32.1. The number of likely N-dealkylation sites (tertiary alicyclic amines) is 1. The molecule has 1 fully saturated rings. The predicted octanol–water partition coefficient (Wildman–Crippen LogP) is 2.31. The van der Waals surface area contributed by atoms with Crippen LogP contribution in [0, 0.1) is 12.8 Å². The molecule has 4 heterocycles. The highest BCUT2D eigenvalue weighted by molar-refractivity contribution is 7.15. The van der Waals surface area contributed by atoms with E-state index in [2.05, 4.69) is 20.2 Å². The number of thiazole rings is 1. The standard InChI is InChI=1S/C19H21N5O2S/c1-13-4-2-6-16(20-13)22-18(26)14-5-3-7-23(11-14)12-15-10-17(25)24-8-9-27-19(24)21-15/h2,4,6,8-10,14H,3,5,7,11-12H2,1H3,(H,20,22,26). The highest BCUT2D eigenvalue weighted by Gasteiger charge is 2.26. The fourth-order valence-corrected chi connectivity index (χ4v) is 4.19. The van der Waals surface area contributed by atoms with Gasteiger partial charge in [0, 0.05) is 36.4 Å². The normalized spacial score (nSPS) is 17.9. The van der Waals surface area contributed by atoms with Gasteiger partial charge in [0.05, 0.1) is 11.6 Å². The number of amides is 1. The van der Waals surface area contributed by atoms with Crippen LogP contribution in [-0.4, -0.2) is 38.3 Å². The molecule has 1 aliphatic heterocycles. The first kappa shape index (κ1) is 17.8. The number of nitrogens with one attached hydrogen (secondary N) is 1. The third kappa shape index (κ3) is 4.06. The number of pyridine rings is 1. The number of carbonyl (C=O) groups is 1. The lowest BCUT2D eigenvalue weighted by atomic mass is 9.97. The van der Waals surface area contributed by atoms with E-state index in [4.69, 9.17) is 0 Å². The van der Waals surface area contributed by atoms with E-state index in [9.17, 15) is 9.59 Å². The quantitative estimate of drug-likeness (QED) is 0.748. The summed E-state index contributed by atoms with van der Waals surface area (Å²) in [5, 5.41) is 4.78. The Labute approximate surface area is 160 Å². The lowest BCUT2D eigenvalue weighted by Crippen LogP contribution is -2.40. The molecule has 27 heavy (non-hydrogen) atoms. The van der Waals surface area contributed by atoms with Crippen LogP contribution in [0.5, 0.6) is 0 Å². The molecule has 8 heteroatoms. The van der Waals surface area contributed by atoms with Crippen LogP contribution >= 0.6 is 11.3 Å². The van der Waals surface area contributed by atoms with E-state index >= 15 is 0 Å². The molecular weight excluding hydrogens is 362 g/mol. The minimum Gasteiger partial charge on any atom is -0.310 e.